The van der Waals surface area contributed by atoms with E-state index < -0.39 is 8.07 Å². The predicted molar refractivity (Wildman–Crippen MR) is 319 cm³/mol. The van der Waals surface area contributed by atoms with Crippen molar-refractivity contribution in [2.75, 3.05) is 0 Å². The lowest BCUT2D eigenvalue weighted by molar-refractivity contribution is 0.669. The summed E-state index contributed by atoms with van der Waals surface area (Å²) in [5.74, 6) is 0. The second-order valence-electron chi connectivity index (χ2n) is 21.0. The van der Waals surface area contributed by atoms with Crippen molar-refractivity contribution < 1.29 is 4.42 Å². The molecule has 2 heterocycles. The molecule has 15 aromatic rings. The van der Waals surface area contributed by atoms with E-state index in [1.54, 1.807) is 0 Å². The summed E-state index contributed by atoms with van der Waals surface area (Å²) >= 11 is 0. The summed E-state index contributed by atoms with van der Waals surface area (Å²) < 4.78 is 6.39. The van der Waals surface area contributed by atoms with Crippen LogP contribution in [0.25, 0.3) is 153 Å². The molecular weight excluding hydrogens is 909 g/mol. The molecule has 0 amide bonds. The van der Waals surface area contributed by atoms with Crippen LogP contribution >= 0.6 is 0 Å². The summed E-state index contributed by atoms with van der Waals surface area (Å²) in [6, 6.07) is 91.3. The first-order valence-electron chi connectivity index (χ1n) is 25.9. The molecule has 0 unspecified atom stereocenters. The molecule has 16 rings (SSSR count). The lowest BCUT2D eigenvalue weighted by Gasteiger charge is -2.23. The molecule has 0 fully saturated rings. The van der Waals surface area contributed by atoms with Gasteiger partial charge in [0.15, 0.2) is 0 Å². The highest BCUT2D eigenvalue weighted by molar-refractivity contribution is 7.03. The predicted octanol–water partition coefficient (Wildman–Crippen LogP) is 19.1. The van der Waals surface area contributed by atoms with E-state index in [-0.39, 0.29) is 0 Å². The van der Waals surface area contributed by atoms with Crippen LogP contribution in [-0.4, -0.2) is 8.07 Å². The molecule has 0 saturated carbocycles. The molecule has 0 saturated heterocycles. The Morgan fingerprint density at radius 2 is 0.743 bits per heavy atom. The van der Waals surface area contributed by atoms with Crippen LogP contribution in [0.3, 0.4) is 0 Å². The Labute approximate surface area is 429 Å². The Kier molecular flexibility index (Phi) is 8.68. The van der Waals surface area contributed by atoms with Crippen molar-refractivity contribution in [3.05, 3.63) is 243 Å². The monoisotopic (exact) mass is 954 g/mol. The van der Waals surface area contributed by atoms with E-state index in [0.29, 0.717) is 0 Å². The van der Waals surface area contributed by atoms with Gasteiger partial charge in [0.05, 0.1) is 0 Å². The van der Waals surface area contributed by atoms with Crippen molar-refractivity contribution in [2.24, 2.45) is 0 Å². The zero-order valence-corrected chi connectivity index (χ0v) is 42.0. The van der Waals surface area contributed by atoms with Crippen LogP contribution < -0.4 is 10.4 Å². The molecule has 1 aliphatic heterocycles. The minimum atomic E-state index is -1.86. The molecule has 0 N–H and O–H groups in total. The van der Waals surface area contributed by atoms with Gasteiger partial charge in [0.25, 0.3) is 0 Å². The normalized spacial score (nSPS) is 13.1. The fraction of sp³-hybridized carbons (Fsp3) is 0.0278. The van der Waals surface area contributed by atoms with Crippen LogP contribution in [0.15, 0.2) is 247 Å². The molecule has 0 radical (unpaired) electrons. The van der Waals surface area contributed by atoms with Crippen molar-refractivity contribution in [1.82, 2.24) is 0 Å². The third kappa shape index (κ3) is 5.80. The molecule has 0 bridgehead atoms. The van der Waals surface area contributed by atoms with E-state index in [4.69, 9.17) is 4.42 Å². The second kappa shape index (κ2) is 15.5. The zero-order chi connectivity index (χ0) is 48.8. The number of fused-ring (bicyclic) bond motifs is 9. The van der Waals surface area contributed by atoms with Gasteiger partial charge in [0, 0.05) is 10.8 Å². The van der Waals surface area contributed by atoms with Gasteiger partial charge in [-0.1, -0.05) is 225 Å². The Morgan fingerprint density at radius 1 is 0.257 bits per heavy atom. The van der Waals surface area contributed by atoms with Crippen molar-refractivity contribution in [1.29, 1.82) is 0 Å². The van der Waals surface area contributed by atoms with Gasteiger partial charge < -0.3 is 4.42 Å². The molecule has 1 aromatic heterocycles. The summed E-state index contributed by atoms with van der Waals surface area (Å²) in [5.41, 5.74) is 16.8. The number of para-hydroxylation sites is 1. The third-order valence-electron chi connectivity index (χ3n) is 16.8. The number of benzene rings is 14. The Bertz CT molecular complexity index is 4820. The lowest BCUT2D eigenvalue weighted by Crippen LogP contribution is -2.49. The Morgan fingerprint density at radius 3 is 1.46 bits per heavy atom. The quantitative estimate of drug-likeness (QED) is 0.0952. The van der Waals surface area contributed by atoms with E-state index in [1.165, 1.54) is 136 Å². The van der Waals surface area contributed by atoms with Crippen LogP contribution in [0.2, 0.25) is 13.1 Å². The van der Waals surface area contributed by atoms with Crippen LogP contribution in [0.4, 0.5) is 0 Å². The van der Waals surface area contributed by atoms with Gasteiger partial charge in [-0.3, -0.25) is 0 Å². The average molecular weight is 955 g/mol. The summed E-state index contributed by atoms with van der Waals surface area (Å²) in [6.07, 6.45) is 0. The van der Waals surface area contributed by atoms with Gasteiger partial charge >= 0.3 is 0 Å². The van der Waals surface area contributed by atoms with Crippen molar-refractivity contribution in [3.8, 4) is 66.8 Å². The van der Waals surface area contributed by atoms with E-state index >= 15 is 0 Å². The SMILES string of the molecule is C[Si]1(C)c2ccccc2-c2cc(-c3cccc(-c4ccc5oc6ccccc6c5c4)c3-c3ccc(-c4c5ccccc5c(-c5cc6cccc7ccc8cccc5c8c76)c5ccccc45)c4ccccc34)ccc21. The first-order chi connectivity index (χ1) is 36.5. The van der Waals surface area contributed by atoms with E-state index in [1.807, 2.05) is 0 Å². The Balaban J connectivity index is 0.962. The maximum atomic E-state index is 6.39. The van der Waals surface area contributed by atoms with Crippen LogP contribution in [0.5, 0.6) is 0 Å². The minimum Gasteiger partial charge on any atom is -0.456 e. The first-order valence-corrected chi connectivity index (χ1v) is 28.9. The maximum Gasteiger partial charge on any atom is 0.135 e. The van der Waals surface area contributed by atoms with Gasteiger partial charge in [-0.25, -0.2) is 0 Å². The van der Waals surface area contributed by atoms with Gasteiger partial charge in [-0.05, 0) is 172 Å². The second-order valence-corrected chi connectivity index (χ2v) is 25.3. The molecular formula is C72H46OSi. The highest BCUT2D eigenvalue weighted by Crippen LogP contribution is 2.51. The summed E-state index contributed by atoms with van der Waals surface area (Å²) in [6.45, 7) is 5.00. The van der Waals surface area contributed by atoms with Gasteiger partial charge in [0.1, 0.15) is 19.2 Å². The lowest BCUT2D eigenvalue weighted by atomic mass is 9.80. The molecule has 0 aliphatic carbocycles. The standard InChI is InChI=1S/C72H46OSi/c1-74(2)66-31-12-10-22-53(66)62-41-46(35-39-67(62)74)49-28-15-27-48(45-34-38-65-61(40-45)52-21-9-11-30-64(52)73-65)70(49)59-36-37-60(51-20-4-3-19-50(51)59)71-54-23-5-7-25-56(54)72(57-26-8-6-24-55(57)71)63-42-47-18-13-16-43-32-33-44-17-14-29-58(63)69(44)68(43)47/h3-42H,1-2H3. The first kappa shape index (κ1) is 41.5. The van der Waals surface area contributed by atoms with Crippen LogP contribution in [-0.2, 0) is 0 Å². The summed E-state index contributed by atoms with van der Waals surface area (Å²) in [5, 5.41) is 20.5. The van der Waals surface area contributed by atoms with E-state index in [0.717, 1.165) is 27.5 Å². The molecule has 344 valence electrons. The summed E-state index contributed by atoms with van der Waals surface area (Å²) in [7, 11) is -1.86. The highest BCUT2D eigenvalue weighted by Gasteiger charge is 2.37. The molecule has 1 nitrogen and oxygen atoms in total. The summed E-state index contributed by atoms with van der Waals surface area (Å²) in [4.78, 5) is 0. The highest BCUT2D eigenvalue weighted by atomic mass is 28.3. The molecule has 2 heteroatoms. The fourth-order valence-electron chi connectivity index (χ4n) is 13.5. The molecule has 0 atom stereocenters. The fourth-order valence-corrected chi connectivity index (χ4v) is 16.6. The topological polar surface area (TPSA) is 13.1 Å². The largest absolute Gasteiger partial charge is 0.456 e. The van der Waals surface area contributed by atoms with Crippen molar-refractivity contribution in [2.45, 2.75) is 13.1 Å². The number of furan rings is 1. The molecule has 1 aliphatic rings. The average Bonchev–Trinajstić information content (AvgIpc) is 3.94. The van der Waals surface area contributed by atoms with Crippen molar-refractivity contribution in [3.63, 3.8) is 0 Å². The van der Waals surface area contributed by atoms with E-state index in [2.05, 4.69) is 256 Å². The molecule has 14 aromatic carbocycles. The molecule has 74 heavy (non-hydrogen) atoms. The molecule has 0 spiro atoms. The van der Waals surface area contributed by atoms with Crippen LogP contribution in [0.1, 0.15) is 0 Å². The zero-order valence-electron chi connectivity index (χ0n) is 41.0. The minimum absolute atomic E-state index is 0.899. The number of hydrogen-bond acceptors (Lipinski definition) is 1. The van der Waals surface area contributed by atoms with Gasteiger partial charge in [-0.2, -0.15) is 0 Å². The Hall–Kier alpha value is -9.08. The van der Waals surface area contributed by atoms with E-state index in [9.17, 15) is 0 Å². The number of rotatable bonds is 5. The number of hydrogen-bond donors (Lipinski definition) is 0. The van der Waals surface area contributed by atoms with Crippen molar-refractivity contribution >= 4 is 105 Å². The van der Waals surface area contributed by atoms with Crippen LogP contribution in [0, 0.1) is 0 Å². The maximum absolute atomic E-state index is 6.39. The smallest absolute Gasteiger partial charge is 0.135 e. The van der Waals surface area contributed by atoms with Gasteiger partial charge in [-0.15, -0.1) is 0 Å². The third-order valence-corrected chi connectivity index (χ3v) is 20.4. The van der Waals surface area contributed by atoms with Gasteiger partial charge in [0.2, 0.25) is 0 Å².